The number of allylic oxidation sites excluding steroid dienone is 10. The van der Waals surface area contributed by atoms with Crippen LogP contribution >= 0.6 is 0 Å². The van der Waals surface area contributed by atoms with Crippen LogP contribution in [0.5, 0.6) is 0 Å². The fourth-order valence-corrected chi connectivity index (χ4v) is 7.13. The van der Waals surface area contributed by atoms with Gasteiger partial charge in [0, 0.05) is 19.3 Å². The average Bonchev–Trinajstić information content (AvgIpc) is 3.26. The molecule has 0 aliphatic rings. The van der Waals surface area contributed by atoms with Crippen molar-refractivity contribution in [1.82, 2.24) is 0 Å². The van der Waals surface area contributed by atoms with E-state index >= 15 is 0 Å². The van der Waals surface area contributed by atoms with Crippen LogP contribution in [0.25, 0.3) is 0 Å². The highest BCUT2D eigenvalue weighted by Gasteiger charge is 2.19. The molecule has 6 heteroatoms. The largest absolute Gasteiger partial charge is 0.462 e. The summed E-state index contributed by atoms with van der Waals surface area (Å²) in [6.45, 7) is 6.48. The molecule has 0 saturated heterocycles. The van der Waals surface area contributed by atoms with Crippen LogP contribution in [-0.2, 0) is 28.6 Å². The van der Waals surface area contributed by atoms with E-state index in [1.54, 1.807) is 0 Å². The molecule has 0 rings (SSSR count). The highest BCUT2D eigenvalue weighted by atomic mass is 16.6. The van der Waals surface area contributed by atoms with E-state index in [-0.39, 0.29) is 31.1 Å². The second kappa shape index (κ2) is 49.8. The molecule has 0 heterocycles. The normalized spacial score (nSPS) is 12.5. The van der Waals surface area contributed by atoms with E-state index in [0.717, 1.165) is 83.5 Å². The smallest absolute Gasteiger partial charge is 0.306 e. The monoisotopic (exact) mass is 853 g/mol. The lowest BCUT2D eigenvalue weighted by Crippen LogP contribution is -2.30. The van der Waals surface area contributed by atoms with Crippen molar-refractivity contribution in [3.8, 4) is 0 Å². The number of hydrogen-bond acceptors (Lipinski definition) is 6. The van der Waals surface area contributed by atoms with Gasteiger partial charge in [0.1, 0.15) is 13.2 Å². The van der Waals surface area contributed by atoms with Gasteiger partial charge in [0.25, 0.3) is 0 Å². The van der Waals surface area contributed by atoms with Crippen molar-refractivity contribution in [1.29, 1.82) is 0 Å². The van der Waals surface area contributed by atoms with Gasteiger partial charge in [0.2, 0.25) is 0 Å². The Labute approximate surface area is 377 Å². The summed E-state index contributed by atoms with van der Waals surface area (Å²) < 4.78 is 16.8. The molecule has 1 atom stereocenters. The maximum absolute atomic E-state index is 12.8. The summed E-state index contributed by atoms with van der Waals surface area (Å²) >= 11 is 0. The SMILES string of the molecule is CC/C=C\C/C=C\C/C=C\C/C=C\CCCCC(=O)OC[C@H](COC(=O)CCCCCCCCC/C=C\CCCCCC)OC(=O)CCCCCCCCCCCCCCC. The summed E-state index contributed by atoms with van der Waals surface area (Å²) in [5.41, 5.74) is 0. The van der Waals surface area contributed by atoms with Crippen LogP contribution in [0.3, 0.4) is 0 Å². The zero-order valence-corrected chi connectivity index (χ0v) is 40.2. The molecule has 0 fully saturated rings. The molecule has 0 aromatic heterocycles. The summed E-state index contributed by atoms with van der Waals surface area (Å²) in [4.78, 5) is 37.9. The Bertz CT molecular complexity index is 1120. The van der Waals surface area contributed by atoms with Gasteiger partial charge in [-0.3, -0.25) is 14.4 Å². The molecule has 0 aliphatic heterocycles. The highest BCUT2D eigenvalue weighted by Crippen LogP contribution is 2.15. The molecular formula is C55H96O6. The first-order valence-corrected chi connectivity index (χ1v) is 25.8. The molecule has 0 radical (unpaired) electrons. The molecule has 61 heavy (non-hydrogen) atoms. The maximum Gasteiger partial charge on any atom is 0.306 e. The summed E-state index contributed by atoms with van der Waals surface area (Å²) in [5, 5.41) is 0. The molecule has 352 valence electrons. The zero-order chi connectivity index (χ0) is 44.4. The highest BCUT2D eigenvalue weighted by molar-refractivity contribution is 5.71. The summed E-state index contributed by atoms with van der Waals surface area (Å²) in [5.74, 6) is -0.930. The lowest BCUT2D eigenvalue weighted by molar-refractivity contribution is -0.167. The number of unbranched alkanes of at least 4 members (excludes halogenated alkanes) is 25. The molecule has 0 saturated carbocycles. The third-order valence-corrected chi connectivity index (χ3v) is 11.0. The molecule has 0 aromatic rings. The predicted octanol–water partition coefficient (Wildman–Crippen LogP) is 16.9. The Morgan fingerprint density at radius 1 is 0.344 bits per heavy atom. The van der Waals surface area contributed by atoms with Crippen LogP contribution in [0.4, 0.5) is 0 Å². The van der Waals surface area contributed by atoms with Gasteiger partial charge in [-0.05, 0) is 83.5 Å². The van der Waals surface area contributed by atoms with Crippen LogP contribution in [0, 0.1) is 0 Å². The molecular weight excluding hydrogens is 757 g/mol. The first kappa shape index (κ1) is 58.1. The van der Waals surface area contributed by atoms with E-state index in [1.807, 2.05) is 0 Å². The van der Waals surface area contributed by atoms with Crippen LogP contribution in [-0.4, -0.2) is 37.2 Å². The number of carbonyl (C=O) groups is 3. The fraction of sp³-hybridized carbons (Fsp3) is 0.764. The van der Waals surface area contributed by atoms with Crippen molar-refractivity contribution in [2.24, 2.45) is 0 Å². The average molecular weight is 853 g/mol. The second-order valence-electron chi connectivity index (χ2n) is 17.1. The zero-order valence-electron chi connectivity index (χ0n) is 40.2. The van der Waals surface area contributed by atoms with Crippen molar-refractivity contribution in [2.75, 3.05) is 13.2 Å². The van der Waals surface area contributed by atoms with Gasteiger partial charge in [0.05, 0.1) is 0 Å². The number of carbonyl (C=O) groups excluding carboxylic acids is 3. The van der Waals surface area contributed by atoms with Crippen LogP contribution in [0.1, 0.15) is 252 Å². The molecule has 0 unspecified atom stereocenters. The molecule has 0 aliphatic carbocycles. The summed E-state index contributed by atoms with van der Waals surface area (Å²) in [6, 6.07) is 0. The number of hydrogen-bond donors (Lipinski definition) is 0. The van der Waals surface area contributed by atoms with Crippen molar-refractivity contribution in [2.45, 2.75) is 258 Å². The van der Waals surface area contributed by atoms with Gasteiger partial charge in [0.15, 0.2) is 6.10 Å². The van der Waals surface area contributed by atoms with Crippen molar-refractivity contribution in [3.05, 3.63) is 60.8 Å². The Morgan fingerprint density at radius 2 is 0.639 bits per heavy atom. The number of ether oxygens (including phenoxy) is 3. The van der Waals surface area contributed by atoms with E-state index in [9.17, 15) is 14.4 Å². The van der Waals surface area contributed by atoms with Gasteiger partial charge in [-0.25, -0.2) is 0 Å². The Hall–Kier alpha value is -2.89. The van der Waals surface area contributed by atoms with Gasteiger partial charge in [-0.1, -0.05) is 210 Å². The topological polar surface area (TPSA) is 78.9 Å². The number of esters is 3. The standard InChI is InChI=1S/C55H96O6/c1-4-7-10-13-16-19-22-25-27-30-32-35-38-41-44-47-53(56)59-50-52(61-55(58)49-46-43-40-37-34-29-24-21-18-15-12-9-6-3)51-60-54(57)48-45-42-39-36-33-31-28-26-23-20-17-14-11-8-5-2/h7,10,16,19-20,23,25,27,32,35,52H,4-6,8-9,11-15,17-18,21-22,24,26,28-31,33-34,36-51H2,1-3H3/b10-7-,19-16-,23-20-,27-25-,35-32-/t52-/m1/s1. The van der Waals surface area contributed by atoms with Crippen molar-refractivity contribution < 1.29 is 28.6 Å². The lowest BCUT2D eigenvalue weighted by Gasteiger charge is -2.18. The Kier molecular flexibility index (Phi) is 47.4. The predicted molar refractivity (Wildman–Crippen MR) is 261 cm³/mol. The minimum absolute atomic E-state index is 0.0878. The molecule has 0 amide bonds. The minimum Gasteiger partial charge on any atom is -0.462 e. The number of rotatable bonds is 46. The van der Waals surface area contributed by atoms with E-state index < -0.39 is 6.10 Å². The van der Waals surface area contributed by atoms with Gasteiger partial charge in [-0.2, -0.15) is 0 Å². The van der Waals surface area contributed by atoms with Crippen LogP contribution < -0.4 is 0 Å². The maximum atomic E-state index is 12.8. The van der Waals surface area contributed by atoms with Crippen molar-refractivity contribution in [3.63, 3.8) is 0 Å². The molecule has 0 aromatic carbocycles. The second-order valence-corrected chi connectivity index (χ2v) is 17.1. The van der Waals surface area contributed by atoms with E-state index in [1.165, 1.54) is 128 Å². The first-order chi connectivity index (χ1) is 30.0. The van der Waals surface area contributed by atoms with Gasteiger partial charge >= 0.3 is 17.9 Å². The summed E-state index contributed by atoms with van der Waals surface area (Å²) in [7, 11) is 0. The summed E-state index contributed by atoms with van der Waals surface area (Å²) in [6.07, 6.45) is 60.6. The quantitative estimate of drug-likeness (QED) is 0.0263. The van der Waals surface area contributed by atoms with Crippen molar-refractivity contribution >= 4 is 17.9 Å². The Balaban J connectivity index is 4.43. The Morgan fingerprint density at radius 3 is 1.07 bits per heavy atom. The first-order valence-electron chi connectivity index (χ1n) is 25.8. The minimum atomic E-state index is -0.789. The molecule has 0 spiro atoms. The van der Waals surface area contributed by atoms with Crippen LogP contribution in [0.15, 0.2) is 60.8 Å². The third-order valence-electron chi connectivity index (χ3n) is 11.0. The van der Waals surface area contributed by atoms with Gasteiger partial charge in [-0.15, -0.1) is 0 Å². The molecule has 0 bridgehead atoms. The van der Waals surface area contributed by atoms with E-state index in [4.69, 9.17) is 14.2 Å². The lowest BCUT2D eigenvalue weighted by atomic mass is 10.0. The molecule has 0 N–H and O–H groups in total. The fourth-order valence-electron chi connectivity index (χ4n) is 7.13. The van der Waals surface area contributed by atoms with E-state index in [2.05, 4.69) is 81.5 Å². The third kappa shape index (κ3) is 48.0. The van der Waals surface area contributed by atoms with Gasteiger partial charge < -0.3 is 14.2 Å². The van der Waals surface area contributed by atoms with Crippen LogP contribution in [0.2, 0.25) is 0 Å². The molecule has 6 nitrogen and oxygen atoms in total. The van der Waals surface area contributed by atoms with E-state index in [0.29, 0.717) is 19.3 Å².